The number of hydrogen-bond acceptors (Lipinski definition) is 15. The number of benzene rings is 1. The highest BCUT2D eigenvalue weighted by molar-refractivity contribution is 5.93. The van der Waals surface area contributed by atoms with Crippen molar-refractivity contribution in [3.05, 3.63) is 72.5 Å². The molecule has 12 atom stereocenters. The number of aromatic nitrogens is 1. The molecular formula is C44H58N2O13. The van der Waals surface area contributed by atoms with E-state index in [4.69, 9.17) is 33.2 Å². The molecule has 322 valence electrons. The average Bonchev–Trinajstić information content (AvgIpc) is 3.17. The number of fused-ring (bicyclic) bond motifs is 1. The van der Waals surface area contributed by atoms with Gasteiger partial charge in [0.15, 0.2) is 6.29 Å². The van der Waals surface area contributed by atoms with Gasteiger partial charge < -0.3 is 48.0 Å². The molecule has 0 aliphatic carbocycles. The zero-order valence-electron chi connectivity index (χ0n) is 35.0. The number of ether oxygens (including phenoxy) is 7. The van der Waals surface area contributed by atoms with Crippen LogP contribution in [0.3, 0.4) is 0 Å². The fraction of sp³-hybridized carbons (Fsp3) is 0.545. The van der Waals surface area contributed by atoms with E-state index in [1.54, 1.807) is 75.5 Å². The topological polar surface area (TPSA) is 186 Å². The number of allylic oxidation sites excluding steroid dienone is 2. The van der Waals surface area contributed by atoms with Gasteiger partial charge in [0.1, 0.15) is 42.9 Å². The minimum absolute atomic E-state index is 0.103. The van der Waals surface area contributed by atoms with Crippen molar-refractivity contribution < 1.29 is 62.2 Å². The summed E-state index contributed by atoms with van der Waals surface area (Å²) in [6.07, 6.45) is 2.83. The predicted octanol–water partition coefficient (Wildman–Crippen LogP) is 4.53. The van der Waals surface area contributed by atoms with Gasteiger partial charge >= 0.3 is 23.9 Å². The summed E-state index contributed by atoms with van der Waals surface area (Å²) >= 11 is 0. The van der Waals surface area contributed by atoms with Gasteiger partial charge in [0.05, 0.1) is 30.2 Å². The quantitative estimate of drug-likeness (QED) is 0.144. The van der Waals surface area contributed by atoms with Crippen LogP contribution in [-0.2, 0) is 57.1 Å². The van der Waals surface area contributed by atoms with Gasteiger partial charge in [-0.1, -0.05) is 43.4 Å². The van der Waals surface area contributed by atoms with Crippen molar-refractivity contribution >= 4 is 47.1 Å². The number of likely N-dealkylation sites (N-methyl/N-ethyl adjacent to an activating group) is 1. The molecule has 2 aliphatic rings. The molecule has 2 aliphatic heterocycles. The Morgan fingerprint density at radius 1 is 0.983 bits per heavy atom. The van der Waals surface area contributed by atoms with Crippen molar-refractivity contribution in [1.29, 1.82) is 0 Å². The minimum atomic E-state index is -1.44. The SMILES string of the molecule is CO[C@@H]1[C@@H](O[C@@H]2O[C@H](C)[C@@H](OC(=O)/C=C/c3ccnc4ccccc34)[C@H](N(C)C)[C@H]2O)[C@@H](CC=O)C[C@@H](C)[C@@H](OC(C)=O)/C=C/C=C/C[C@@H](C)OC(=O)C[C@H]1OC(C)=O. The molecule has 0 saturated carbocycles. The first-order chi connectivity index (χ1) is 28.1. The molecule has 4 rings (SSSR count). The molecule has 3 heterocycles. The number of aldehydes is 1. The number of carbonyl (C=O) groups excluding carboxylic acids is 5. The number of para-hydroxylation sites is 1. The second-order valence-corrected chi connectivity index (χ2v) is 15.3. The van der Waals surface area contributed by atoms with Crippen molar-refractivity contribution in [2.24, 2.45) is 11.8 Å². The third-order valence-electron chi connectivity index (χ3n) is 10.4. The highest BCUT2D eigenvalue weighted by Crippen LogP contribution is 2.35. The Balaban J connectivity index is 1.70. The maximum atomic E-state index is 13.3. The van der Waals surface area contributed by atoms with E-state index in [1.807, 2.05) is 31.2 Å². The maximum absolute atomic E-state index is 13.3. The number of rotatable bonds is 11. The molecule has 1 fully saturated rings. The number of cyclic esters (lactones) is 1. The summed E-state index contributed by atoms with van der Waals surface area (Å²) in [6.45, 7) is 7.74. The molecule has 1 N–H and O–H groups in total. The van der Waals surface area contributed by atoms with Gasteiger partial charge in [-0.15, -0.1) is 0 Å². The summed E-state index contributed by atoms with van der Waals surface area (Å²) in [5.74, 6) is -3.67. The fourth-order valence-electron chi connectivity index (χ4n) is 7.67. The second kappa shape index (κ2) is 22.5. The van der Waals surface area contributed by atoms with Gasteiger partial charge in [-0.05, 0) is 76.0 Å². The van der Waals surface area contributed by atoms with Crippen LogP contribution < -0.4 is 0 Å². The number of carbonyl (C=O) groups is 5. The molecule has 1 aromatic heterocycles. The molecule has 2 aromatic rings. The van der Waals surface area contributed by atoms with E-state index >= 15 is 0 Å². The van der Waals surface area contributed by atoms with Crippen LogP contribution in [0.1, 0.15) is 65.9 Å². The molecule has 1 aromatic carbocycles. The number of esters is 4. The zero-order chi connectivity index (χ0) is 43.2. The van der Waals surface area contributed by atoms with E-state index in [1.165, 1.54) is 27.0 Å². The Morgan fingerprint density at radius 3 is 2.39 bits per heavy atom. The lowest BCUT2D eigenvalue weighted by Crippen LogP contribution is -2.64. The lowest BCUT2D eigenvalue weighted by atomic mass is 9.82. The Labute approximate surface area is 345 Å². The Morgan fingerprint density at radius 2 is 1.71 bits per heavy atom. The Kier molecular flexibility index (Phi) is 17.9. The number of aliphatic hydroxyl groups excluding tert-OH is 1. The molecule has 0 bridgehead atoms. The lowest BCUT2D eigenvalue weighted by molar-refractivity contribution is -0.310. The van der Waals surface area contributed by atoms with Crippen LogP contribution in [0.5, 0.6) is 0 Å². The van der Waals surface area contributed by atoms with Crippen molar-refractivity contribution in [1.82, 2.24) is 9.88 Å². The van der Waals surface area contributed by atoms with Crippen LogP contribution in [-0.4, -0.2) is 128 Å². The Bertz CT molecular complexity index is 1820. The highest BCUT2D eigenvalue weighted by atomic mass is 16.7. The highest BCUT2D eigenvalue weighted by Gasteiger charge is 2.50. The zero-order valence-corrected chi connectivity index (χ0v) is 35.0. The van der Waals surface area contributed by atoms with E-state index in [0.29, 0.717) is 12.7 Å². The van der Waals surface area contributed by atoms with E-state index < -0.39 is 103 Å². The lowest BCUT2D eigenvalue weighted by Gasteiger charge is -2.47. The molecule has 15 nitrogen and oxygen atoms in total. The minimum Gasteiger partial charge on any atom is -0.462 e. The van der Waals surface area contributed by atoms with Gasteiger partial charge in [-0.3, -0.25) is 19.4 Å². The number of nitrogens with zero attached hydrogens (tertiary/aromatic N) is 2. The van der Waals surface area contributed by atoms with E-state index in [0.717, 1.165) is 16.5 Å². The molecule has 0 spiro atoms. The smallest absolute Gasteiger partial charge is 0.331 e. The van der Waals surface area contributed by atoms with Gasteiger partial charge in [-0.2, -0.15) is 0 Å². The van der Waals surface area contributed by atoms with Crippen LogP contribution in [0.2, 0.25) is 0 Å². The van der Waals surface area contributed by atoms with Crippen molar-refractivity contribution in [2.45, 2.75) is 121 Å². The maximum Gasteiger partial charge on any atom is 0.331 e. The molecule has 59 heavy (non-hydrogen) atoms. The Hall–Kier alpha value is -4.80. The van der Waals surface area contributed by atoms with Crippen molar-refractivity contribution in [2.75, 3.05) is 21.2 Å². The van der Waals surface area contributed by atoms with E-state index in [2.05, 4.69) is 4.98 Å². The van der Waals surface area contributed by atoms with Crippen LogP contribution >= 0.6 is 0 Å². The number of methoxy groups -OCH3 is 1. The first kappa shape index (κ1) is 46.9. The van der Waals surface area contributed by atoms with Gasteiger partial charge in [0, 0.05) is 51.5 Å². The number of hydrogen-bond donors (Lipinski definition) is 1. The number of aliphatic hydroxyl groups is 1. The first-order valence-corrected chi connectivity index (χ1v) is 19.8. The van der Waals surface area contributed by atoms with Crippen molar-refractivity contribution in [3.63, 3.8) is 0 Å². The fourth-order valence-corrected chi connectivity index (χ4v) is 7.67. The monoisotopic (exact) mass is 822 g/mol. The molecule has 0 radical (unpaired) electrons. The summed E-state index contributed by atoms with van der Waals surface area (Å²) < 4.78 is 41.9. The summed E-state index contributed by atoms with van der Waals surface area (Å²) in [5.41, 5.74) is 1.53. The van der Waals surface area contributed by atoms with Gasteiger partial charge in [0.2, 0.25) is 0 Å². The molecule has 15 heteroatoms. The molecular weight excluding hydrogens is 764 g/mol. The van der Waals surface area contributed by atoms with E-state index in [-0.39, 0.29) is 12.8 Å². The molecule has 0 amide bonds. The van der Waals surface area contributed by atoms with Crippen LogP contribution in [0.15, 0.2) is 66.9 Å². The summed E-state index contributed by atoms with van der Waals surface area (Å²) in [6, 6.07) is 8.46. The third-order valence-corrected chi connectivity index (χ3v) is 10.4. The van der Waals surface area contributed by atoms with E-state index in [9.17, 15) is 29.1 Å². The van der Waals surface area contributed by atoms with Crippen LogP contribution in [0.25, 0.3) is 17.0 Å². The normalized spacial score (nSPS) is 32.2. The van der Waals surface area contributed by atoms with Crippen molar-refractivity contribution in [3.8, 4) is 0 Å². The van der Waals surface area contributed by atoms with Crippen LogP contribution in [0, 0.1) is 11.8 Å². The van der Waals surface area contributed by atoms with Gasteiger partial charge in [-0.25, -0.2) is 4.79 Å². The predicted molar refractivity (Wildman–Crippen MR) is 216 cm³/mol. The largest absolute Gasteiger partial charge is 0.462 e. The molecule has 0 unspecified atom stereocenters. The first-order valence-electron chi connectivity index (χ1n) is 19.8. The summed E-state index contributed by atoms with van der Waals surface area (Å²) in [7, 11) is 4.78. The standard InChI is InChI=1S/C44H58N2O13/c1-26-24-32(21-23-47)42(43(53-8)36(57-30(5)49)25-38(51)54-27(2)14-10-9-11-17-35(26)56-29(4)48)59-44-40(52)39(46(6)7)41(28(3)55-44)58-37(50)19-18-31-20-22-45-34-16-13-12-15-33(31)34/h9-13,15-20,22-23,26-28,32,35-36,39-44,52H,14,21,24-25H2,1-8H3/b10-9+,17-11+,19-18+/t26-,27-,28-,32+,35+,36-,39-,40-,41-,42+,43+,44+/m1/s1. The summed E-state index contributed by atoms with van der Waals surface area (Å²) in [4.78, 5) is 69.8. The average molecular weight is 823 g/mol. The third kappa shape index (κ3) is 13.4. The van der Waals surface area contributed by atoms with Crippen LogP contribution in [0.4, 0.5) is 0 Å². The molecule has 1 saturated heterocycles. The second-order valence-electron chi connectivity index (χ2n) is 15.3. The summed E-state index contributed by atoms with van der Waals surface area (Å²) in [5, 5.41) is 12.8. The van der Waals surface area contributed by atoms with Gasteiger partial charge in [0.25, 0.3) is 0 Å². The number of pyridine rings is 1.